The Labute approximate surface area is 144 Å². The average molecular weight is 344 g/mol. The normalized spacial score (nSPS) is 12.2. The largest absolute Gasteiger partial charge is 0.294 e. The molecule has 2 aromatic rings. The molecule has 0 saturated heterocycles. The van der Waals surface area contributed by atoms with Gasteiger partial charge in [-0.2, -0.15) is 0 Å². The highest BCUT2D eigenvalue weighted by Gasteiger charge is 2.14. The summed E-state index contributed by atoms with van der Waals surface area (Å²) >= 11 is 0. The molecule has 0 bridgehead atoms. The first kappa shape index (κ1) is 18.4. The standard InChI is InChI=1S/C20H24O3S/c1-20(2,3)17-10-8-16(9-11-17)19(21)14-7-15-5-12-18(13-6-15)24(4,22)23/h5-6,8-13H,7,14H2,1-4H3. The minimum absolute atomic E-state index is 0.0724. The monoisotopic (exact) mass is 344 g/mol. The lowest BCUT2D eigenvalue weighted by Crippen LogP contribution is -2.11. The summed E-state index contributed by atoms with van der Waals surface area (Å²) in [6.07, 6.45) is 2.20. The van der Waals surface area contributed by atoms with E-state index in [2.05, 4.69) is 20.8 Å². The number of hydrogen-bond acceptors (Lipinski definition) is 3. The van der Waals surface area contributed by atoms with E-state index < -0.39 is 9.84 Å². The van der Waals surface area contributed by atoms with Crippen molar-refractivity contribution in [1.29, 1.82) is 0 Å². The van der Waals surface area contributed by atoms with Gasteiger partial charge in [-0.1, -0.05) is 57.2 Å². The molecule has 0 aliphatic heterocycles. The fraction of sp³-hybridized carbons (Fsp3) is 0.350. The quantitative estimate of drug-likeness (QED) is 0.764. The van der Waals surface area contributed by atoms with Crippen LogP contribution < -0.4 is 0 Å². The van der Waals surface area contributed by atoms with Crippen molar-refractivity contribution in [2.45, 2.75) is 43.9 Å². The summed E-state index contributed by atoms with van der Waals surface area (Å²) in [6, 6.07) is 14.5. The predicted molar refractivity (Wildman–Crippen MR) is 97.3 cm³/mol. The van der Waals surface area contributed by atoms with E-state index in [0.29, 0.717) is 17.7 Å². The summed E-state index contributed by atoms with van der Waals surface area (Å²) in [5, 5.41) is 0. The molecular formula is C20H24O3S. The number of benzene rings is 2. The number of carbonyl (C=O) groups is 1. The van der Waals surface area contributed by atoms with Gasteiger partial charge >= 0.3 is 0 Å². The number of carbonyl (C=O) groups excluding carboxylic acids is 1. The van der Waals surface area contributed by atoms with Gasteiger partial charge < -0.3 is 0 Å². The Morgan fingerprint density at radius 3 is 1.92 bits per heavy atom. The van der Waals surface area contributed by atoms with Gasteiger partial charge in [0.05, 0.1) is 4.90 Å². The van der Waals surface area contributed by atoms with Crippen LogP contribution in [0.3, 0.4) is 0 Å². The molecule has 0 spiro atoms. The third-order valence-corrected chi connectivity index (χ3v) is 5.19. The van der Waals surface area contributed by atoms with Gasteiger partial charge in [0.15, 0.2) is 15.6 Å². The third kappa shape index (κ3) is 4.78. The van der Waals surface area contributed by atoms with Crippen molar-refractivity contribution in [3.05, 3.63) is 65.2 Å². The van der Waals surface area contributed by atoms with Crippen molar-refractivity contribution in [3.63, 3.8) is 0 Å². The van der Waals surface area contributed by atoms with Crippen LogP contribution in [-0.2, 0) is 21.7 Å². The van der Waals surface area contributed by atoms with Crippen molar-refractivity contribution in [2.24, 2.45) is 0 Å². The van der Waals surface area contributed by atoms with Crippen molar-refractivity contribution < 1.29 is 13.2 Å². The molecule has 0 aliphatic rings. The molecule has 128 valence electrons. The maximum Gasteiger partial charge on any atom is 0.175 e. The molecule has 0 aromatic heterocycles. The van der Waals surface area contributed by atoms with E-state index in [1.54, 1.807) is 24.3 Å². The van der Waals surface area contributed by atoms with E-state index in [-0.39, 0.29) is 11.2 Å². The minimum atomic E-state index is -3.18. The lowest BCUT2D eigenvalue weighted by atomic mass is 9.86. The van der Waals surface area contributed by atoms with Crippen LogP contribution in [0.2, 0.25) is 0 Å². The molecule has 0 N–H and O–H groups in total. The van der Waals surface area contributed by atoms with Gasteiger partial charge in [-0.3, -0.25) is 4.79 Å². The fourth-order valence-corrected chi connectivity index (χ4v) is 3.09. The Morgan fingerprint density at radius 1 is 0.917 bits per heavy atom. The van der Waals surface area contributed by atoms with Gasteiger partial charge in [-0.25, -0.2) is 8.42 Å². The first-order chi connectivity index (χ1) is 11.1. The van der Waals surface area contributed by atoms with Crippen molar-refractivity contribution in [1.82, 2.24) is 0 Å². The van der Waals surface area contributed by atoms with Crippen molar-refractivity contribution >= 4 is 15.6 Å². The molecule has 0 saturated carbocycles. The van der Waals surface area contributed by atoms with E-state index >= 15 is 0 Å². The van der Waals surface area contributed by atoms with Crippen LogP contribution in [0.4, 0.5) is 0 Å². The van der Waals surface area contributed by atoms with Crippen molar-refractivity contribution in [3.8, 4) is 0 Å². The molecule has 0 amide bonds. The molecule has 0 radical (unpaired) electrons. The van der Waals surface area contributed by atoms with Crippen LogP contribution in [0.25, 0.3) is 0 Å². The number of Topliss-reactive ketones (excluding diaryl/α,β-unsaturated/α-hetero) is 1. The number of sulfone groups is 1. The molecule has 0 fully saturated rings. The van der Waals surface area contributed by atoms with Crippen LogP contribution in [0.5, 0.6) is 0 Å². The molecule has 0 aliphatic carbocycles. The molecule has 0 unspecified atom stereocenters. The fourth-order valence-electron chi connectivity index (χ4n) is 2.46. The van der Waals surface area contributed by atoms with Crippen LogP contribution in [0.1, 0.15) is 48.7 Å². The van der Waals surface area contributed by atoms with E-state index in [1.807, 2.05) is 24.3 Å². The summed E-state index contributed by atoms with van der Waals surface area (Å²) in [6.45, 7) is 6.43. The molecule has 2 rings (SSSR count). The topological polar surface area (TPSA) is 51.2 Å². The third-order valence-electron chi connectivity index (χ3n) is 4.07. The van der Waals surface area contributed by atoms with E-state index in [1.165, 1.54) is 11.8 Å². The van der Waals surface area contributed by atoms with E-state index in [9.17, 15) is 13.2 Å². The van der Waals surface area contributed by atoms with Crippen LogP contribution in [0, 0.1) is 0 Å². The SMILES string of the molecule is CC(C)(C)c1ccc(C(=O)CCc2ccc(S(C)(=O)=O)cc2)cc1. The second kappa shape index (κ2) is 6.89. The second-order valence-corrected chi connectivity index (χ2v) is 9.18. The number of ketones is 1. The zero-order valence-corrected chi connectivity index (χ0v) is 15.5. The van der Waals surface area contributed by atoms with Crippen LogP contribution >= 0.6 is 0 Å². The Balaban J connectivity index is 2.00. The van der Waals surface area contributed by atoms with Gasteiger partial charge in [-0.15, -0.1) is 0 Å². The van der Waals surface area contributed by atoms with E-state index in [4.69, 9.17) is 0 Å². The Bertz CT molecular complexity index is 809. The number of hydrogen-bond donors (Lipinski definition) is 0. The summed E-state index contributed by atoms with van der Waals surface area (Å²) in [7, 11) is -3.18. The van der Waals surface area contributed by atoms with Crippen LogP contribution in [-0.4, -0.2) is 20.5 Å². The highest BCUT2D eigenvalue weighted by atomic mass is 32.2. The maximum absolute atomic E-state index is 12.3. The summed E-state index contributed by atoms with van der Waals surface area (Å²) in [4.78, 5) is 12.6. The first-order valence-electron chi connectivity index (χ1n) is 8.00. The highest BCUT2D eigenvalue weighted by Crippen LogP contribution is 2.22. The predicted octanol–water partition coefficient (Wildman–Crippen LogP) is 4.20. The zero-order valence-electron chi connectivity index (χ0n) is 14.7. The summed E-state index contributed by atoms with van der Waals surface area (Å²) < 4.78 is 22.9. The smallest absolute Gasteiger partial charge is 0.175 e. The van der Waals surface area contributed by atoms with Crippen LogP contribution in [0.15, 0.2) is 53.4 Å². The van der Waals surface area contributed by atoms with Gasteiger partial charge in [0.2, 0.25) is 0 Å². The maximum atomic E-state index is 12.3. The minimum Gasteiger partial charge on any atom is -0.294 e. The van der Waals surface area contributed by atoms with Gasteiger partial charge in [0, 0.05) is 18.2 Å². The Hall–Kier alpha value is -1.94. The average Bonchev–Trinajstić information content (AvgIpc) is 2.51. The van der Waals surface area contributed by atoms with E-state index in [0.717, 1.165) is 11.1 Å². The molecule has 3 nitrogen and oxygen atoms in total. The van der Waals surface area contributed by atoms with Gasteiger partial charge in [0.25, 0.3) is 0 Å². The second-order valence-electron chi connectivity index (χ2n) is 7.17. The van der Waals surface area contributed by atoms with Crippen molar-refractivity contribution in [2.75, 3.05) is 6.26 Å². The Morgan fingerprint density at radius 2 is 1.46 bits per heavy atom. The highest BCUT2D eigenvalue weighted by molar-refractivity contribution is 7.90. The number of aryl methyl sites for hydroxylation is 1. The molecule has 2 aromatic carbocycles. The molecule has 0 heterocycles. The zero-order chi connectivity index (χ0) is 18.0. The Kier molecular flexibility index (Phi) is 5.29. The van der Waals surface area contributed by atoms with Gasteiger partial charge in [0.1, 0.15) is 0 Å². The summed E-state index contributed by atoms with van der Waals surface area (Å²) in [5.41, 5.74) is 2.95. The molecule has 0 atom stereocenters. The lowest BCUT2D eigenvalue weighted by Gasteiger charge is -2.19. The number of rotatable bonds is 5. The molecule has 4 heteroatoms. The molecular weight excluding hydrogens is 320 g/mol. The molecule has 24 heavy (non-hydrogen) atoms. The van der Waals surface area contributed by atoms with Gasteiger partial charge in [-0.05, 0) is 35.1 Å². The summed E-state index contributed by atoms with van der Waals surface area (Å²) in [5.74, 6) is 0.0997. The first-order valence-corrected chi connectivity index (χ1v) is 9.89. The lowest BCUT2D eigenvalue weighted by molar-refractivity contribution is 0.0982.